The van der Waals surface area contributed by atoms with Crippen molar-refractivity contribution in [3.05, 3.63) is 59.7 Å². The number of rotatable bonds is 8. The highest BCUT2D eigenvalue weighted by Crippen LogP contribution is 2.44. The second-order valence-corrected chi connectivity index (χ2v) is 7.35. The van der Waals surface area contributed by atoms with Gasteiger partial charge in [0.15, 0.2) is 5.54 Å². The number of fused-ring (bicyclic) bond motifs is 3. The van der Waals surface area contributed by atoms with Crippen LogP contribution >= 0.6 is 0 Å². The molecule has 2 aromatic carbocycles. The van der Waals surface area contributed by atoms with E-state index in [-0.39, 0.29) is 25.5 Å². The maximum Gasteiger partial charge on any atom is 0.407 e. The molecule has 8 nitrogen and oxygen atoms in total. The van der Waals surface area contributed by atoms with Crippen LogP contribution in [-0.2, 0) is 14.3 Å². The lowest BCUT2D eigenvalue weighted by Crippen LogP contribution is -2.55. The first kappa shape index (κ1) is 21.3. The van der Waals surface area contributed by atoms with Gasteiger partial charge in [-0.1, -0.05) is 48.5 Å². The summed E-state index contributed by atoms with van der Waals surface area (Å²) >= 11 is 0. The topological polar surface area (TPSA) is 125 Å². The van der Waals surface area contributed by atoms with E-state index in [9.17, 15) is 14.4 Å². The zero-order chi connectivity index (χ0) is 21.7. The zero-order valence-corrected chi connectivity index (χ0v) is 16.6. The molecule has 0 heterocycles. The van der Waals surface area contributed by atoms with E-state index in [0.717, 1.165) is 22.3 Å². The Morgan fingerprint density at radius 1 is 1.03 bits per heavy atom. The number of carbonyl (C=O) groups is 3. The van der Waals surface area contributed by atoms with Crippen molar-refractivity contribution in [3.8, 4) is 11.1 Å². The van der Waals surface area contributed by atoms with Crippen LogP contribution in [0.1, 0.15) is 30.4 Å². The van der Waals surface area contributed by atoms with Gasteiger partial charge in [-0.05, 0) is 29.2 Å². The SMILES string of the molecule is CC(CO)(NC(=O)CCNC(=O)OCC1c2ccccc2-c2ccccc21)C(=O)O. The fourth-order valence-corrected chi connectivity index (χ4v) is 3.46. The molecular weight excluding hydrogens is 388 g/mol. The number of carboxylic acid groups (broad SMARTS) is 1. The highest BCUT2D eigenvalue weighted by atomic mass is 16.5. The van der Waals surface area contributed by atoms with Crippen molar-refractivity contribution in [2.24, 2.45) is 0 Å². The van der Waals surface area contributed by atoms with Gasteiger partial charge in [-0.3, -0.25) is 4.79 Å². The summed E-state index contributed by atoms with van der Waals surface area (Å²) in [6.45, 7) is 0.595. The van der Waals surface area contributed by atoms with Crippen LogP contribution < -0.4 is 10.6 Å². The number of nitrogens with one attached hydrogen (secondary N) is 2. The lowest BCUT2D eigenvalue weighted by molar-refractivity contribution is -0.148. The van der Waals surface area contributed by atoms with E-state index in [2.05, 4.69) is 10.6 Å². The number of hydrogen-bond donors (Lipinski definition) is 4. The highest BCUT2D eigenvalue weighted by Gasteiger charge is 2.34. The van der Waals surface area contributed by atoms with Crippen molar-refractivity contribution >= 4 is 18.0 Å². The summed E-state index contributed by atoms with van der Waals surface area (Å²) in [7, 11) is 0. The Morgan fingerprint density at radius 2 is 1.60 bits per heavy atom. The normalized spacial score (nSPS) is 14.2. The summed E-state index contributed by atoms with van der Waals surface area (Å²) in [5.74, 6) is -2.01. The molecule has 8 heteroatoms. The van der Waals surface area contributed by atoms with Crippen LogP contribution in [0, 0.1) is 0 Å². The van der Waals surface area contributed by atoms with E-state index in [0.29, 0.717) is 0 Å². The minimum atomic E-state index is -1.76. The summed E-state index contributed by atoms with van der Waals surface area (Å²) < 4.78 is 5.37. The summed E-state index contributed by atoms with van der Waals surface area (Å²) in [6, 6.07) is 16.0. The van der Waals surface area contributed by atoms with Crippen molar-refractivity contribution in [2.75, 3.05) is 19.8 Å². The third-order valence-electron chi connectivity index (χ3n) is 5.17. The molecule has 1 aliphatic carbocycles. The molecule has 1 atom stereocenters. The number of hydrogen-bond acceptors (Lipinski definition) is 5. The molecule has 2 amide bonds. The average Bonchev–Trinajstić information content (AvgIpc) is 3.06. The van der Waals surface area contributed by atoms with Crippen LogP contribution in [0.3, 0.4) is 0 Å². The van der Waals surface area contributed by atoms with E-state index >= 15 is 0 Å². The van der Waals surface area contributed by atoms with Crippen molar-refractivity contribution in [3.63, 3.8) is 0 Å². The third kappa shape index (κ3) is 4.44. The number of carbonyl (C=O) groups excluding carboxylic acids is 2. The number of ether oxygens (including phenoxy) is 1. The maximum atomic E-state index is 12.1. The Morgan fingerprint density at radius 3 is 2.13 bits per heavy atom. The van der Waals surface area contributed by atoms with Crippen LogP contribution in [0.5, 0.6) is 0 Å². The van der Waals surface area contributed by atoms with Gasteiger partial charge in [-0.25, -0.2) is 9.59 Å². The van der Waals surface area contributed by atoms with Gasteiger partial charge in [0.2, 0.25) is 5.91 Å². The first-order valence-corrected chi connectivity index (χ1v) is 9.60. The van der Waals surface area contributed by atoms with Crippen LogP contribution in [0.25, 0.3) is 11.1 Å². The molecule has 2 aromatic rings. The second kappa shape index (κ2) is 8.96. The summed E-state index contributed by atoms with van der Waals surface area (Å²) in [5.41, 5.74) is 2.69. The van der Waals surface area contributed by atoms with Gasteiger partial charge in [0.1, 0.15) is 6.61 Å². The molecule has 0 spiro atoms. The number of aliphatic hydroxyl groups is 1. The zero-order valence-electron chi connectivity index (χ0n) is 16.6. The largest absolute Gasteiger partial charge is 0.479 e. The number of aliphatic carboxylic acids is 1. The number of amides is 2. The molecule has 4 N–H and O–H groups in total. The fraction of sp³-hybridized carbons (Fsp3) is 0.318. The molecule has 30 heavy (non-hydrogen) atoms. The lowest BCUT2D eigenvalue weighted by Gasteiger charge is -2.23. The minimum absolute atomic E-state index is 0.0242. The third-order valence-corrected chi connectivity index (χ3v) is 5.17. The van der Waals surface area contributed by atoms with E-state index in [1.807, 2.05) is 48.5 Å². The number of alkyl carbamates (subject to hydrolysis) is 1. The Hall–Kier alpha value is -3.39. The predicted octanol–water partition coefficient (Wildman–Crippen LogP) is 1.87. The van der Waals surface area contributed by atoms with E-state index in [1.165, 1.54) is 6.92 Å². The summed E-state index contributed by atoms with van der Waals surface area (Å²) in [6.07, 6.45) is -0.805. The number of aliphatic hydroxyl groups excluding tert-OH is 1. The molecule has 0 saturated heterocycles. The van der Waals surface area contributed by atoms with Crippen molar-refractivity contribution < 1.29 is 29.3 Å². The van der Waals surface area contributed by atoms with Gasteiger partial charge in [-0.2, -0.15) is 0 Å². The van der Waals surface area contributed by atoms with E-state index in [4.69, 9.17) is 14.9 Å². The lowest BCUT2D eigenvalue weighted by atomic mass is 9.98. The molecule has 0 saturated carbocycles. The van der Waals surface area contributed by atoms with Crippen LogP contribution in [-0.4, -0.2) is 53.5 Å². The quantitative estimate of drug-likeness (QED) is 0.525. The molecule has 0 radical (unpaired) electrons. The summed E-state index contributed by atoms with van der Waals surface area (Å²) in [4.78, 5) is 35.0. The van der Waals surface area contributed by atoms with Gasteiger partial charge in [0, 0.05) is 18.9 Å². The van der Waals surface area contributed by atoms with Gasteiger partial charge in [0.05, 0.1) is 6.61 Å². The Balaban J connectivity index is 1.50. The molecule has 158 valence electrons. The molecule has 0 aliphatic heterocycles. The first-order valence-electron chi connectivity index (χ1n) is 9.60. The summed E-state index contributed by atoms with van der Waals surface area (Å²) in [5, 5.41) is 22.9. The smallest absolute Gasteiger partial charge is 0.407 e. The monoisotopic (exact) mass is 412 g/mol. The Kier molecular flexibility index (Phi) is 6.37. The van der Waals surface area contributed by atoms with E-state index < -0.39 is 30.1 Å². The molecule has 0 aromatic heterocycles. The molecule has 3 rings (SSSR count). The van der Waals surface area contributed by atoms with Crippen molar-refractivity contribution in [2.45, 2.75) is 24.8 Å². The van der Waals surface area contributed by atoms with Crippen LogP contribution in [0.2, 0.25) is 0 Å². The van der Waals surface area contributed by atoms with Crippen LogP contribution in [0.4, 0.5) is 4.79 Å². The van der Waals surface area contributed by atoms with Crippen LogP contribution in [0.15, 0.2) is 48.5 Å². The van der Waals surface area contributed by atoms with E-state index in [1.54, 1.807) is 0 Å². The number of benzene rings is 2. The molecular formula is C22H24N2O6. The molecule has 0 bridgehead atoms. The second-order valence-electron chi connectivity index (χ2n) is 7.35. The molecule has 1 unspecified atom stereocenters. The van der Waals surface area contributed by atoms with Crippen molar-refractivity contribution in [1.82, 2.24) is 10.6 Å². The molecule has 0 fully saturated rings. The predicted molar refractivity (Wildman–Crippen MR) is 109 cm³/mol. The van der Waals surface area contributed by atoms with Gasteiger partial charge >= 0.3 is 12.1 Å². The Labute approximate surface area is 173 Å². The molecule has 1 aliphatic rings. The number of carboxylic acids is 1. The minimum Gasteiger partial charge on any atom is -0.479 e. The Bertz CT molecular complexity index is 915. The van der Waals surface area contributed by atoms with Gasteiger partial charge in [0.25, 0.3) is 0 Å². The maximum absolute atomic E-state index is 12.1. The fourth-order valence-electron chi connectivity index (χ4n) is 3.46. The highest BCUT2D eigenvalue weighted by molar-refractivity contribution is 5.87. The average molecular weight is 412 g/mol. The van der Waals surface area contributed by atoms with Gasteiger partial charge in [-0.15, -0.1) is 0 Å². The standard InChI is InChI=1S/C22H24N2O6/c1-22(13-25,20(27)28)24-19(26)10-11-23-21(29)30-12-18-16-8-4-2-6-14(16)15-7-3-5-9-17(15)18/h2-9,18,25H,10-13H2,1H3,(H,23,29)(H,24,26)(H,27,28). The van der Waals surface area contributed by atoms with Gasteiger partial charge < -0.3 is 25.6 Å². The first-order chi connectivity index (χ1) is 14.4. The van der Waals surface area contributed by atoms with Crippen molar-refractivity contribution in [1.29, 1.82) is 0 Å².